The van der Waals surface area contributed by atoms with Crippen molar-refractivity contribution < 1.29 is 9.47 Å². The van der Waals surface area contributed by atoms with Gasteiger partial charge in [0, 0.05) is 48.3 Å². The molecule has 3 N–H and O–H groups in total. The molecule has 1 aromatic carbocycles. The van der Waals surface area contributed by atoms with Crippen molar-refractivity contribution in [1.82, 2.24) is 15.3 Å². The number of methoxy groups -OCH3 is 1. The summed E-state index contributed by atoms with van der Waals surface area (Å²) in [4.78, 5) is 8.68. The van der Waals surface area contributed by atoms with Crippen molar-refractivity contribution in [2.24, 2.45) is 0 Å². The summed E-state index contributed by atoms with van der Waals surface area (Å²) in [5.41, 5.74) is 13.1. The minimum atomic E-state index is 0.411. The lowest BCUT2D eigenvalue weighted by Crippen LogP contribution is -2.19. The first-order valence-corrected chi connectivity index (χ1v) is 11.4. The Labute approximate surface area is 189 Å². The quantitative estimate of drug-likeness (QED) is 0.609. The summed E-state index contributed by atoms with van der Waals surface area (Å²) in [6.45, 7) is 2.78. The van der Waals surface area contributed by atoms with Crippen LogP contribution in [0, 0.1) is 0 Å². The highest BCUT2D eigenvalue weighted by molar-refractivity contribution is 5.82. The lowest BCUT2D eigenvalue weighted by molar-refractivity contribution is 0.0851. The number of aromatic nitrogens is 2. The second-order valence-electron chi connectivity index (χ2n) is 8.61. The van der Waals surface area contributed by atoms with E-state index in [0.29, 0.717) is 23.5 Å². The molecule has 2 aliphatic heterocycles. The Morgan fingerprint density at radius 3 is 2.66 bits per heavy atom. The van der Waals surface area contributed by atoms with Crippen molar-refractivity contribution in [3.8, 4) is 28.0 Å². The Hall–Kier alpha value is -2.96. The lowest BCUT2D eigenvalue weighted by Gasteiger charge is -2.27. The van der Waals surface area contributed by atoms with Gasteiger partial charge in [-0.25, -0.2) is 4.98 Å². The maximum Gasteiger partial charge on any atom is 0.145 e. The van der Waals surface area contributed by atoms with E-state index in [1.807, 2.05) is 12.3 Å². The fourth-order valence-corrected chi connectivity index (χ4v) is 5.00. The zero-order valence-corrected chi connectivity index (χ0v) is 18.5. The molecule has 0 bridgehead atoms. The molecule has 0 aliphatic carbocycles. The van der Waals surface area contributed by atoms with Crippen molar-refractivity contribution >= 4 is 5.82 Å². The molecule has 2 aliphatic rings. The van der Waals surface area contributed by atoms with E-state index in [2.05, 4.69) is 39.6 Å². The number of benzene rings is 1. The van der Waals surface area contributed by atoms with Crippen LogP contribution >= 0.6 is 0 Å². The fraction of sp³-hybridized carbons (Fsp3) is 0.385. The number of ether oxygens (including phenoxy) is 2. The Balaban J connectivity index is 1.57. The van der Waals surface area contributed by atoms with Gasteiger partial charge in [-0.1, -0.05) is 12.1 Å². The highest BCUT2D eigenvalue weighted by atomic mass is 16.5. The van der Waals surface area contributed by atoms with Crippen LogP contribution in [-0.2, 0) is 4.74 Å². The lowest BCUT2D eigenvalue weighted by atomic mass is 9.84. The van der Waals surface area contributed by atoms with Gasteiger partial charge in [-0.05, 0) is 73.0 Å². The molecule has 2 aromatic heterocycles. The summed E-state index contributed by atoms with van der Waals surface area (Å²) in [5, 5.41) is 3.70. The zero-order chi connectivity index (χ0) is 21.9. The van der Waals surface area contributed by atoms with Gasteiger partial charge in [-0.2, -0.15) is 0 Å². The topological polar surface area (TPSA) is 82.3 Å². The first-order chi connectivity index (χ1) is 15.7. The maximum atomic E-state index is 6.27. The van der Waals surface area contributed by atoms with Gasteiger partial charge in [0.25, 0.3) is 0 Å². The molecule has 6 heteroatoms. The number of nitrogen functional groups attached to an aromatic ring is 1. The van der Waals surface area contributed by atoms with Gasteiger partial charge >= 0.3 is 0 Å². The Morgan fingerprint density at radius 2 is 1.88 bits per heavy atom. The van der Waals surface area contributed by atoms with Gasteiger partial charge in [0.15, 0.2) is 0 Å². The van der Waals surface area contributed by atoms with Gasteiger partial charge in [-0.15, -0.1) is 0 Å². The summed E-state index contributed by atoms with van der Waals surface area (Å²) in [6.07, 6.45) is 9.89. The number of nitrogens with two attached hydrogens (primary N) is 1. The zero-order valence-electron chi connectivity index (χ0n) is 18.5. The Kier molecular flexibility index (Phi) is 6.06. The van der Waals surface area contributed by atoms with E-state index >= 15 is 0 Å². The molecule has 3 aromatic rings. The van der Waals surface area contributed by atoms with E-state index in [0.717, 1.165) is 54.9 Å². The van der Waals surface area contributed by atoms with E-state index in [4.69, 9.17) is 15.2 Å². The molecule has 2 fully saturated rings. The molecule has 5 rings (SSSR count). The maximum absolute atomic E-state index is 6.27. The summed E-state index contributed by atoms with van der Waals surface area (Å²) >= 11 is 0. The normalized spacial score (nSPS) is 19.2. The predicted octanol–water partition coefficient (Wildman–Crippen LogP) is 4.72. The van der Waals surface area contributed by atoms with Crippen LogP contribution < -0.4 is 15.8 Å². The van der Waals surface area contributed by atoms with Crippen LogP contribution in [0.4, 0.5) is 5.82 Å². The Bertz CT molecular complexity index is 1090. The smallest absolute Gasteiger partial charge is 0.145 e. The molecule has 0 amide bonds. The summed E-state index contributed by atoms with van der Waals surface area (Å²) in [5.74, 6) is 1.73. The van der Waals surface area contributed by atoms with Crippen LogP contribution in [0.25, 0.3) is 22.3 Å². The number of hydrogen-bond donors (Lipinski definition) is 2. The molecular weight excluding hydrogens is 400 g/mol. The van der Waals surface area contributed by atoms with Crippen molar-refractivity contribution in [3.63, 3.8) is 0 Å². The molecule has 2 saturated heterocycles. The van der Waals surface area contributed by atoms with Crippen LogP contribution in [-0.4, -0.2) is 36.8 Å². The first-order valence-electron chi connectivity index (χ1n) is 11.4. The van der Waals surface area contributed by atoms with Gasteiger partial charge in [0.1, 0.15) is 11.6 Å². The third-order valence-corrected chi connectivity index (χ3v) is 6.73. The molecule has 166 valence electrons. The number of hydrogen-bond acceptors (Lipinski definition) is 6. The van der Waals surface area contributed by atoms with E-state index in [1.54, 1.807) is 19.5 Å². The monoisotopic (exact) mass is 430 g/mol. The van der Waals surface area contributed by atoms with Crippen LogP contribution in [0.3, 0.4) is 0 Å². The fourth-order valence-electron chi connectivity index (χ4n) is 5.00. The van der Waals surface area contributed by atoms with E-state index in [-0.39, 0.29) is 0 Å². The first kappa shape index (κ1) is 20.9. The standard InChI is InChI=1S/C26H30N4O2/c1-31-25-16-28-10-6-21(25)23-14-19(15-30-26(23)27)18-4-5-20(17-7-11-32-12-8-17)22(13-18)24-3-2-9-29-24/h4-6,10,13-17,24,29H,2-3,7-9,11-12H2,1H3,(H2,27,30)/t24-/m0/s1. The molecule has 6 nitrogen and oxygen atoms in total. The summed E-state index contributed by atoms with van der Waals surface area (Å²) in [6, 6.07) is 11.3. The minimum absolute atomic E-state index is 0.411. The molecule has 4 heterocycles. The second kappa shape index (κ2) is 9.27. The molecule has 1 atom stereocenters. The number of rotatable bonds is 5. The molecule has 0 radical (unpaired) electrons. The number of nitrogens with one attached hydrogen (secondary N) is 1. The minimum Gasteiger partial charge on any atom is -0.494 e. The highest BCUT2D eigenvalue weighted by Gasteiger charge is 2.25. The number of pyridine rings is 2. The third-order valence-electron chi connectivity index (χ3n) is 6.73. The Morgan fingerprint density at radius 1 is 1.00 bits per heavy atom. The van der Waals surface area contributed by atoms with Crippen molar-refractivity contribution in [1.29, 1.82) is 0 Å². The molecular formula is C26H30N4O2. The predicted molar refractivity (Wildman–Crippen MR) is 127 cm³/mol. The number of nitrogens with zero attached hydrogens (tertiary/aromatic N) is 2. The average molecular weight is 431 g/mol. The second-order valence-corrected chi connectivity index (χ2v) is 8.61. The van der Waals surface area contributed by atoms with Crippen LogP contribution in [0.15, 0.2) is 48.9 Å². The van der Waals surface area contributed by atoms with Crippen LogP contribution in [0.5, 0.6) is 5.75 Å². The molecule has 0 spiro atoms. The van der Waals surface area contributed by atoms with E-state index < -0.39 is 0 Å². The molecule has 0 unspecified atom stereocenters. The molecule has 0 saturated carbocycles. The van der Waals surface area contributed by atoms with Gasteiger partial charge < -0.3 is 20.5 Å². The van der Waals surface area contributed by atoms with Gasteiger partial charge in [0.05, 0.1) is 13.3 Å². The average Bonchev–Trinajstić information content (AvgIpc) is 3.39. The van der Waals surface area contributed by atoms with Crippen LogP contribution in [0.2, 0.25) is 0 Å². The van der Waals surface area contributed by atoms with Crippen molar-refractivity contribution in [2.45, 2.75) is 37.6 Å². The van der Waals surface area contributed by atoms with Crippen molar-refractivity contribution in [2.75, 3.05) is 32.6 Å². The third kappa shape index (κ3) is 4.08. The number of anilines is 1. The molecule has 32 heavy (non-hydrogen) atoms. The summed E-state index contributed by atoms with van der Waals surface area (Å²) in [7, 11) is 1.64. The van der Waals surface area contributed by atoms with Crippen LogP contribution in [0.1, 0.15) is 48.8 Å². The highest BCUT2D eigenvalue weighted by Crippen LogP contribution is 2.39. The summed E-state index contributed by atoms with van der Waals surface area (Å²) < 4.78 is 11.1. The van der Waals surface area contributed by atoms with E-state index in [9.17, 15) is 0 Å². The van der Waals surface area contributed by atoms with Gasteiger partial charge in [-0.3, -0.25) is 4.98 Å². The van der Waals surface area contributed by atoms with E-state index in [1.165, 1.54) is 24.0 Å². The SMILES string of the molecule is COc1cnccc1-c1cc(-c2ccc(C3CCOCC3)c([C@@H]3CCCN3)c2)cnc1N. The van der Waals surface area contributed by atoms with Crippen molar-refractivity contribution in [3.05, 3.63) is 60.0 Å². The van der Waals surface area contributed by atoms with Gasteiger partial charge in [0.2, 0.25) is 0 Å². The largest absolute Gasteiger partial charge is 0.494 e.